The molecule has 0 radical (unpaired) electrons. The molecule has 1 heterocycles. The lowest BCUT2D eigenvalue weighted by Gasteiger charge is -1.95. The van der Waals surface area contributed by atoms with Crippen molar-refractivity contribution in [3.63, 3.8) is 0 Å². The van der Waals surface area contributed by atoms with Crippen molar-refractivity contribution >= 4 is 19.7 Å². The molecule has 0 aromatic carbocycles. The van der Waals surface area contributed by atoms with Gasteiger partial charge in [-0.05, 0) is 0 Å². The normalized spacial score (nSPS) is 12.3. The van der Waals surface area contributed by atoms with E-state index in [9.17, 15) is 13.2 Å². The van der Waals surface area contributed by atoms with Gasteiger partial charge in [-0.1, -0.05) is 13.8 Å². The van der Waals surface area contributed by atoms with Crippen molar-refractivity contribution in [1.82, 2.24) is 9.78 Å². The van der Waals surface area contributed by atoms with Crippen LogP contribution in [0.5, 0.6) is 0 Å². The summed E-state index contributed by atoms with van der Waals surface area (Å²) in [6, 6.07) is 0. The maximum atomic E-state index is 11.2. The molecule has 0 atom stereocenters. The summed E-state index contributed by atoms with van der Waals surface area (Å²) in [6.07, 6.45) is 0. The van der Waals surface area contributed by atoms with Crippen LogP contribution in [0.25, 0.3) is 0 Å². The van der Waals surface area contributed by atoms with Gasteiger partial charge in [-0.3, -0.25) is 0 Å². The molecule has 0 spiro atoms. The molecule has 0 fully saturated rings. The summed E-state index contributed by atoms with van der Waals surface area (Å²) in [5.41, 5.74) is 0. The Morgan fingerprint density at radius 3 is 2.53 bits per heavy atom. The molecule has 0 bridgehead atoms. The van der Waals surface area contributed by atoms with E-state index in [2.05, 4.69) is 5.10 Å². The summed E-state index contributed by atoms with van der Waals surface area (Å²) in [5.74, 6) is -0.754. The third kappa shape index (κ3) is 3.67. The molecular weight excluding hydrogens is 244 g/mol. The smallest absolute Gasteiger partial charge is 0.392 e. The number of hydrogen-bond donors (Lipinski definition) is 0. The van der Waals surface area contributed by atoms with Crippen LogP contribution in [0.3, 0.4) is 0 Å². The lowest BCUT2D eigenvalue weighted by molar-refractivity contribution is 0.433. The highest BCUT2D eigenvalue weighted by Gasteiger charge is 2.13. The van der Waals surface area contributed by atoms with Crippen LogP contribution in [0.2, 0.25) is 0 Å². The highest BCUT2D eigenvalue weighted by atomic mass is 35.7. The lowest BCUT2D eigenvalue weighted by Crippen LogP contribution is -2.19. The lowest BCUT2D eigenvalue weighted by atomic mass is 10.2. The molecule has 0 saturated heterocycles. The Morgan fingerprint density at radius 1 is 1.53 bits per heavy atom. The molecule has 6 nitrogen and oxygen atoms in total. The van der Waals surface area contributed by atoms with Crippen LogP contribution in [-0.2, 0) is 15.6 Å². The molecule has 15 heavy (non-hydrogen) atoms. The van der Waals surface area contributed by atoms with Gasteiger partial charge < -0.3 is 4.42 Å². The minimum absolute atomic E-state index is 0.0217. The Labute approximate surface area is 91.3 Å². The van der Waals surface area contributed by atoms with Crippen LogP contribution in [0.4, 0.5) is 0 Å². The monoisotopic (exact) mass is 254 g/mol. The van der Waals surface area contributed by atoms with Crippen molar-refractivity contribution in [1.29, 1.82) is 0 Å². The maximum Gasteiger partial charge on any atom is 0.437 e. The summed E-state index contributed by atoms with van der Waals surface area (Å²) in [6.45, 7) is 3.53. The SMILES string of the molecule is CC(C)c1nn(CCS(=O)(=O)Cl)c(=O)o1. The maximum absolute atomic E-state index is 11.2. The summed E-state index contributed by atoms with van der Waals surface area (Å²) in [7, 11) is 1.38. The first-order chi connectivity index (χ1) is 6.79. The van der Waals surface area contributed by atoms with E-state index < -0.39 is 14.8 Å². The molecule has 0 N–H and O–H groups in total. The Morgan fingerprint density at radius 2 is 2.13 bits per heavy atom. The van der Waals surface area contributed by atoms with E-state index in [4.69, 9.17) is 15.1 Å². The van der Waals surface area contributed by atoms with E-state index in [1.54, 1.807) is 0 Å². The van der Waals surface area contributed by atoms with Crippen LogP contribution < -0.4 is 5.76 Å². The highest BCUT2D eigenvalue weighted by molar-refractivity contribution is 8.13. The molecule has 0 saturated carbocycles. The summed E-state index contributed by atoms with van der Waals surface area (Å²) < 4.78 is 27.0. The molecule has 0 aliphatic rings. The first-order valence-corrected chi connectivity index (χ1v) is 6.77. The van der Waals surface area contributed by atoms with Crippen LogP contribution >= 0.6 is 10.7 Å². The van der Waals surface area contributed by atoms with Gasteiger partial charge in [0.15, 0.2) is 0 Å². The highest BCUT2D eigenvalue weighted by Crippen LogP contribution is 2.08. The van der Waals surface area contributed by atoms with E-state index >= 15 is 0 Å². The molecule has 0 aliphatic heterocycles. The van der Waals surface area contributed by atoms with Crippen LogP contribution in [0, 0.1) is 0 Å². The Kier molecular flexibility index (Phi) is 3.56. The second-order valence-electron chi connectivity index (χ2n) is 3.33. The predicted molar refractivity (Wildman–Crippen MR) is 54.5 cm³/mol. The van der Waals surface area contributed by atoms with Gasteiger partial charge in [-0.15, -0.1) is 5.10 Å². The first kappa shape index (κ1) is 12.3. The van der Waals surface area contributed by atoms with E-state index in [0.29, 0.717) is 0 Å². The van der Waals surface area contributed by atoms with Crippen molar-refractivity contribution < 1.29 is 12.8 Å². The van der Waals surface area contributed by atoms with E-state index in [1.165, 1.54) is 0 Å². The average molecular weight is 255 g/mol. The Hall–Kier alpha value is -0.820. The second kappa shape index (κ2) is 4.36. The van der Waals surface area contributed by atoms with Gasteiger partial charge in [0, 0.05) is 16.6 Å². The molecule has 8 heteroatoms. The Bertz CT molecular complexity index is 487. The number of halogens is 1. The molecular formula is C7H11ClN2O4S. The molecule has 0 amide bonds. The fraction of sp³-hybridized carbons (Fsp3) is 0.714. The topological polar surface area (TPSA) is 82.2 Å². The fourth-order valence-electron chi connectivity index (χ4n) is 0.892. The van der Waals surface area contributed by atoms with Gasteiger partial charge in [-0.25, -0.2) is 13.2 Å². The first-order valence-electron chi connectivity index (χ1n) is 4.30. The van der Waals surface area contributed by atoms with Gasteiger partial charge in [-0.2, -0.15) is 4.68 Å². The standard InChI is InChI=1S/C7H11ClN2O4S/c1-5(2)6-9-10(7(11)14-6)3-4-15(8,12)13/h5H,3-4H2,1-2H3. The van der Waals surface area contributed by atoms with Crippen molar-refractivity contribution in [2.75, 3.05) is 5.75 Å². The van der Waals surface area contributed by atoms with E-state index in [1.807, 2.05) is 13.8 Å². The van der Waals surface area contributed by atoms with Gasteiger partial charge in [0.25, 0.3) is 0 Å². The molecule has 0 unspecified atom stereocenters. The van der Waals surface area contributed by atoms with Gasteiger partial charge >= 0.3 is 5.76 Å². The molecule has 1 rings (SSSR count). The third-order valence-electron chi connectivity index (χ3n) is 1.66. The molecule has 1 aromatic heterocycles. The minimum Gasteiger partial charge on any atom is -0.392 e. The zero-order chi connectivity index (χ0) is 11.6. The number of nitrogens with zero attached hydrogens (tertiary/aromatic N) is 2. The third-order valence-corrected chi connectivity index (χ3v) is 2.80. The number of aromatic nitrogens is 2. The zero-order valence-electron chi connectivity index (χ0n) is 8.31. The van der Waals surface area contributed by atoms with E-state index in [0.717, 1.165) is 4.68 Å². The van der Waals surface area contributed by atoms with E-state index in [-0.39, 0.29) is 24.1 Å². The van der Waals surface area contributed by atoms with Crippen molar-refractivity contribution in [2.45, 2.75) is 26.3 Å². The largest absolute Gasteiger partial charge is 0.437 e. The Balaban J connectivity index is 2.83. The summed E-state index contributed by atoms with van der Waals surface area (Å²) in [4.78, 5) is 11.2. The van der Waals surface area contributed by atoms with Crippen LogP contribution in [0.15, 0.2) is 9.21 Å². The van der Waals surface area contributed by atoms with Crippen LogP contribution in [-0.4, -0.2) is 24.0 Å². The quantitative estimate of drug-likeness (QED) is 0.732. The fourth-order valence-corrected chi connectivity index (χ4v) is 1.49. The van der Waals surface area contributed by atoms with Crippen LogP contribution in [0.1, 0.15) is 25.7 Å². The second-order valence-corrected chi connectivity index (χ2v) is 6.22. The average Bonchev–Trinajstić information content (AvgIpc) is 2.42. The summed E-state index contributed by atoms with van der Waals surface area (Å²) in [5, 5.41) is 3.83. The molecule has 86 valence electrons. The van der Waals surface area contributed by atoms with Gasteiger partial charge in [0.2, 0.25) is 14.9 Å². The van der Waals surface area contributed by atoms with Crippen molar-refractivity contribution in [3.8, 4) is 0 Å². The molecule has 0 aliphatic carbocycles. The predicted octanol–water partition coefficient (Wildman–Crippen LogP) is 0.528. The number of aryl methyl sites for hydroxylation is 1. The molecule has 1 aromatic rings. The number of rotatable bonds is 4. The van der Waals surface area contributed by atoms with Gasteiger partial charge in [0.05, 0.1) is 12.3 Å². The zero-order valence-corrected chi connectivity index (χ0v) is 9.88. The number of hydrogen-bond acceptors (Lipinski definition) is 5. The minimum atomic E-state index is -3.62. The van der Waals surface area contributed by atoms with Crippen molar-refractivity contribution in [2.24, 2.45) is 0 Å². The van der Waals surface area contributed by atoms with Gasteiger partial charge in [0.1, 0.15) is 0 Å². The summed E-state index contributed by atoms with van der Waals surface area (Å²) >= 11 is 0. The van der Waals surface area contributed by atoms with Crippen molar-refractivity contribution in [3.05, 3.63) is 16.4 Å².